The fourth-order valence-electron chi connectivity index (χ4n) is 3.77. The van der Waals surface area contributed by atoms with Crippen LogP contribution in [-0.2, 0) is 0 Å². The lowest BCUT2D eigenvalue weighted by molar-refractivity contribution is 0.275. The van der Waals surface area contributed by atoms with Gasteiger partial charge in [0.05, 0.1) is 0 Å². The average Bonchev–Trinajstić information content (AvgIpc) is 2.56. The van der Waals surface area contributed by atoms with Crippen molar-refractivity contribution in [2.45, 2.75) is 48.0 Å². The molecule has 0 nitrogen and oxygen atoms in total. The molecule has 0 aromatic rings. The molecule has 0 heterocycles. The Morgan fingerprint density at radius 1 is 1.17 bits per heavy atom. The predicted molar refractivity (Wildman–Crippen MR) is 55.1 cm³/mol. The predicted octanol–water partition coefficient (Wildman–Crippen LogP) is 3.96. The van der Waals surface area contributed by atoms with Crippen molar-refractivity contribution in [1.29, 1.82) is 0 Å². The zero-order valence-corrected chi connectivity index (χ0v) is 9.52. The lowest BCUT2D eigenvalue weighted by Crippen LogP contribution is -2.14. The van der Waals surface area contributed by atoms with Crippen molar-refractivity contribution in [3.63, 3.8) is 0 Å². The molecule has 1 fully saturated rings. The molecule has 1 rings (SSSR count). The van der Waals surface area contributed by atoms with Gasteiger partial charge in [-0.3, -0.25) is 0 Å². The molecule has 0 saturated heterocycles. The van der Waals surface area contributed by atoms with E-state index in [1.54, 1.807) is 0 Å². The van der Waals surface area contributed by atoms with Crippen molar-refractivity contribution < 1.29 is 0 Å². The van der Waals surface area contributed by atoms with Gasteiger partial charge >= 0.3 is 0 Å². The van der Waals surface area contributed by atoms with Crippen LogP contribution in [0.1, 0.15) is 48.0 Å². The van der Waals surface area contributed by atoms with E-state index in [0.717, 1.165) is 23.7 Å². The summed E-state index contributed by atoms with van der Waals surface area (Å²) < 4.78 is 0. The van der Waals surface area contributed by atoms with E-state index in [0.29, 0.717) is 5.41 Å². The summed E-state index contributed by atoms with van der Waals surface area (Å²) in [6.45, 7) is 14.3. The van der Waals surface area contributed by atoms with Crippen molar-refractivity contribution in [3.8, 4) is 0 Å². The standard InChI is InChI=1S/C12H24/c1-7-12(9(4)5)10(6)11(12)8(2)3/h8-11H,7H2,1-6H3. The second-order valence-electron chi connectivity index (χ2n) is 5.18. The Kier molecular flexibility index (Phi) is 2.56. The van der Waals surface area contributed by atoms with Gasteiger partial charge < -0.3 is 0 Å². The third-order valence-corrected chi connectivity index (χ3v) is 4.30. The van der Waals surface area contributed by atoms with Crippen LogP contribution in [0.15, 0.2) is 0 Å². The van der Waals surface area contributed by atoms with Crippen molar-refractivity contribution in [3.05, 3.63) is 0 Å². The maximum atomic E-state index is 2.44. The minimum Gasteiger partial charge on any atom is -0.0648 e. The van der Waals surface area contributed by atoms with Crippen LogP contribution in [-0.4, -0.2) is 0 Å². The molecule has 0 amide bonds. The zero-order valence-electron chi connectivity index (χ0n) is 9.52. The fourth-order valence-corrected chi connectivity index (χ4v) is 3.77. The van der Waals surface area contributed by atoms with Gasteiger partial charge in [0, 0.05) is 0 Å². The molecule has 1 aliphatic rings. The van der Waals surface area contributed by atoms with Crippen molar-refractivity contribution >= 4 is 0 Å². The molecule has 0 spiro atoms. The molecule has 0 aliphatic heterocycles. The Labute approximate surface area is 77.7 Å². The fraction of sp³-hybridized carbons (Fsp3) is 1.00. The molecule has 0 radical (unpaired) electrons. The maximum absolute atomic E-state index is 2.44. The molecule has 12 heavy (non-hydrogen) atoms. The molecular weight excluding hydrogens is 144 g/mol. The van der Waals surface area contributed by atoms with Crippen molar-refractivity contribution in [2.75, 3.05) is 0 Å². The summed E-state index contributed by atoms with van der Waals surface area (Å²) >= 11 is 0. The Balaban J connectivity index is 2.73. The first kappa shape index (κ1) is 10.1. The van der Waals surface area contributed by atoms with Crippen LogP contribution in [0.3, 0.4) is 0 Å². The first-order chi connectivity index (χ1) is 5.48. The minimum atomic E-state index is 0.689. The summed E-state index contributed by atoms with van der Waals surface area (Å²) in [5.41, 5.74) is 0.689. The van der Waals surface area contributed by atoms with E-state index in [2.05, 4.69) is 41.5 Å². The Morgan fingerprint density at radius 3 is 1.75 bits per heavy atom. The van der Waals surface area contributed by atoms with Gasteiger partial charge in [-0.2, -0.15) is 0 Å². The van der Waals surface area contributed by atoms with Crippen LogP contribution in [0.5, 0.6) is 0 Å². The van der Waals surface area contributed by atoms with E-state index in [-0.39, 0.29) is 0 Å². The summed E-state index contributed by atoms with van der Waals surface area (Å²) in [7, 11) is 0. The molecule has 0 aromatic heterocycles. The van der Waals surface area contributed by atoms with Crippen LogP contribution < -0.4 is 0 Å². The molecule has 0 aromatic carbocycles. The highest BCUT2D eigenvalue weighted by Crippen LogP contribution is 2.67. The zero-order chi connectivity index (χ0) is 9.52. The summed E-state index contributed by atoms with van der Waals surface area (Å²) in [4.78, 5) is 0. The van der Waals surface area contributed by atoms with Crippen LogP contribution in [0, 0.1) is 29.1 Å². The molecule has 3 atom stereocenters. The second kappa shape index (κ2) is 3.05. The van der Waals surface area contributed by atoms with Gasteiger partial charge in [0.1, 0.15) is 0 Å². The van der Waals surface area contributed by atoms with E-state index in [4.69, 9.17) is 0 Å². The molecule has 0 heteroatoms. The number of hydrogen-bond donors (Lipinski definition) is 0. The van der Waals surface area contributed by atoms with Gasteiger partial charge in [0.2, 0.25) is 0 Å². The first-order valence-corrected chi connectivity index (χ1v) is 5.48. The molecule has 1 saturated carbocycles. The summed E-state index contributed by atoms with van der Waals surface area (Å²) in [5, 5.41) is 0. The third kappa shape index (κ3) is 1.11. The van der Waals surface area contributed by atoms with Gasteiger partial charge in [-0.25, -0.2) is 0 Å². The molecule has 1 aliphatic carbocycles. The lowest BCUT2D eigenvalue weighted by Gasteiger charge is -2.21. The molecular formula is C12H24. The molecule has 3 unspecified atom stereocenters. The van der Waals surface area contributed by atoms with Gasteiger partial charge in [0.15, 0.2) is 0 Å². The van der Waals surface area contributed by atoms with E-state index in [9.17, 15) is 0 Å². The van der Waals surface area contributed by atoms with Crippen LogP contribution >= 0.6 is 0 Å². The minimum absolute atomic E-state index is 0.689. The average molecular weight is 168 g/mol. The van der Waals surface area contributed by atoms with E-state index in [1.807, 2.05) is 0 Å². The van der Waals surface area contributed by atoms with Gasteiger partial charge in [0.25, 0.3) is 0 Å². The Hall–Kier alpha value is 0. The SMILES string of the molecule is CCC1(C(C)C)C(C)C1C(C)C. The highest BCUT2D eigenvalue weighted by molar-refractivity contribution is 5.09. The third-order valence-electron chi connectivity index (χ3n) is 4.30. The molecule has 72 valence electrons. The van der Waals surface area contributed by atoms with Gasteiger partial charge in [-0.05, 0) is 35.5 Å². The monoisotopic (exact) mass is 168 g/mol. The quantitative estimate of drug-likeness (QED) is 0.598. The molecule has 0 bridgehead atoms. The van der Waals surface area contributed by atoms with Crippen LogP contribution in [0.4, 0.5) is 0 Å². The number of hydrogen-bond acceptors (Lipinski definition) is 0. The smallest absolute Gasteiger partial charge is 0.0215 e. The first-order valence-electron chi connectivity index (χ1n) is 5.48. The molecule has 0 N–H and O–H groups in total. The summed E-state index contributed by atoms with van der Waals surface area (Å²) in [6.07, 6.45) is 1.37. The second-order valence-corrected chi connectivity index (χ2v) is 5.18. The van der Waals surface area contributed by atoms with Crippen molar-refractivity contribution in [2.24, 2.45) is 29.1 Å². The Bertz CT molecular complexity index is 157. The van der Waals surface area contributed by atoms with E-state index >= 15 is 0 Å². The van der Waals surface area contributed by atoms with E-state index in [1.165, 1.54) is 6.42 Å². The maximum Gasteiger partial charge on any atom is -0.0215 e. The van der Waals surface area contributed by atoms with E-state index < -0.39 is 0 Å². The highest BCUT2D eigenvalue weighted by Gasteiger charge is 2.62. The largest absolute Gasteiger partial charge is 0.0648 e. The lowest BCUT2D eigenvalue weighted by atomic mass is 9.84. The number of rotatable bonds is 3. The van der Waals surface area contributed by atoms with Crippen molar-refractivity contribution in [1.82, 2.24) is 0 Å². The van der Waals surface area contributed by atoms with Gasteiger partial charge in [-0.1, -0.05) is 41.5 Å². The van der Waals surface area contributed by atoms with Crippen LogP contribution in [0.25, 0.3) is 0 Å². The Morgan fingerprint density at radius 2 is 1.67 bits per heavy atom. The normalized spacial score (nSPS) is 41.0. The highest BCUT2D eigenvalue weighted by atomic mass is 14.7. The topological polar surface area (TPSA) is 0 Å². The summed E-state index contributed by atoms with van der Waals surface area (Å²) in [5.74, 6) is 3.69. The van der Waals surface area contributed by atoms with Gasteiger partial charge in [-0.15, -0.1) is 0 Å². The summed E-state index contributed by atoms with van der Waals surface area (Å²) in [6, 6.07) is 0. The van der Waals surface area contributed by atoms with Crippen LogP contribution in [0.2, 0.25) is 0 Å².